The van der Waals surface area contributed by atoms with Crippen LogP contribution in [-0.2, 0) is 23.2 Å². The van der Waals surface area contributed by atoms with Gasteiger partial charge in [-0.3, -0.25) is 9.59 Å². The largest absolute Gasteiger partial charge is 0.378 e. The number of aliphatic hydroxyl groups is 1. The van der Waals surface area contributed by atoms with Gasteiger partial charge in [-0.05, 0) is 72.2 Å². The van der Waals surface area contributed by atoms with Crippen molar-refractivity contribution < 1.29 is 14.3 Å². The Morgan fingerprint density at radius 2 is 1.85 bits per heavy atom. The molecule has 8 heteroatoms. The van der Waals surface area contributed by atoms with E-state index >= 15 is 0 Å². The molecule has 0 bridgehead atoms. The molecule has 1 aliphatic heterocycles. The van der Waals surface area contributed by atoms with Crippen LogP contribution in [0.3, 0.4) is 0 Å². The summed E-state index contributed by atoms with van der Waals surface area (Å²) in [5, 5.41) is 11.3. The number of H-pyrrole nitrogens is 1. The first-order valence-corrected chi connectivity index (χ1v) is 13.4. The Kier molecular flexibility index (Phi) is 6.57. The summed E-state index contributed by atoms with van der Waals surface area (Å²) in [5.41, 5.74) is 3.37. The minimum atomic E-state index is -1.44. The smallest absolute Gasteiger partial charge is 0.256 e. The Bertz CT molecular complexity index is 1600. The first-order chi connectivity index (χ1) is 18.8. The summed E-state index contributed by atoms with van der Waals surface area (Å²) < 4.78 is 13.9. The van der Waals surface area contributed by atoms with Gasteiger partial charge in [0.25, 0.3) is 11.5 Å². The topological polar surface area (TPSA) is 86.3 Å². The number of aromatic nitrogens is 2. The molecule has 1 aliphatic carbocycles. The highest BCUT2D eigenvalue weighted by atomic mass is 35.5. The molecule has 2 N–H and O–H groups in total. The number of carbonyl (C=O) groups is 1. The molecule has 0 radical (unpaired) electrons. The zero-order chi connectivity index (χ0) is 27.1. The summed E-state index contributed by atoms with van der Waals surface area (Å²) >= 11 is 6.01. The number of aliphatic hydroxyl groups excluding tert-OH is 1. The van der Waals surface area contributed by atoms with Gasteiger partial charge in [0.2, 0.25) is 0 Å². The molecule has 1 saturated carbocycles. The van der Waals surface area contributed by atoms with Crippen molar-refractivity contribution >= 4 is 17.5 Å². The van der Waals surface area contributed by atoms with Gasteiger partial charge in [-0.15, -0.1) is 0 Å². The van der Waals surface area contributed by atoms with Crippen LogP contribution in [-0.4, -0.2) is 32.4 Å². The molecule has 4 aromatic rings. The molecule has 0 unspecified atom stereocenters. The number of aryl methyl sites for hydroxylation is 1. The summed E-state index contributed by atoms with van der Waals surface area (Å²) in [7, 11) is 0. The highest BCUT2D eigenvalue weighted by Crippen LogP contribution is 2.52. The highest BCUT2D eigenvalue weighted by molar-refractivity contribution is 6.30. The monoisotopic (exact) mass is 543 g/mol. The minimum absolute atomic E-state index is 0.0748. The number of amides is 1. The van der Waals surface area contributed by atoms with E-state index in [1.165, 1.54) is 17.0 Å². The molecule has 3 aromatic carbocycles. The maximum absolute atomic E-state index is 13.9. The van der Waals surface area contributed by atoms with Crippen LogP contribution < -0.4 is 5.56 Å². The van der Waals surface area contributed by atoms with Crippen LogP contribution in [0.5, 0.6) is 0 Å². The Balaban J connectivity index is 1.25. The van der Waals surface area contributed by atoms with E-state index in [-0.39, 0.29) is 22.5 Å². The van der Waals surface area contributed by atoms with E-state index in [1.807, 2.05) is 18.2 Å². The van der Waals surface area contributed by atoms with Crippen LogP contribution in [0.25, 0.3) is 11.1 Å². The molecule has 39 heavy (non-hydrogen) atoms. The van der Waals surface area contributed by atoms with E-state index < -0.39 is 17.8 Å². The molecule has 1 fully saturated rings. The van der Waals surface area contributed by atoms with Crippen molar-refractivity contribution in [2.45, 2.75) is 43.7 Å². The number of halogens is 2. The Morgan fingerprint density at radius 3 is 2.59 bits per heavy atom. The summed E-state index contributed by atoms with van der Waals surface area (Å²) in [5.74, 6) is -0.281. The fourth-order valence-corrected chi connectivity index (χ4v) is 5.73. The third kappa shape index (κ3) is 4.88. The second-order valence-corrected chi connectivity index (χ2v) is 10.8. The SMILES string of the molecule is O=C([C@H](O)c1cccc(-c2cc(F)cc(Cl)c2)c1)N1CCCc2nc(C3(c4ccccc4)CC3)[nH]c(=O)c2C1. The van der Waals surface area contributed by atoms with Gasteiger partial charge < -0.3 is 15.0 Å². The molecule has 6 rings (SSSR count). The van der Waals surface area contributed by atoms with E-state index in [0.29, 0.717) is 53.2 Å². The average Bonchev–Trinajstić information content (AvgIpc) is 3.77. The van der Waals surface area contributed by atoms with Crippen molar-refractivity contribution in [3.8, 4) is 11.1 Å². The molecule has 1 atom stereocenters. The van der Waals surface area contributed by atoms with Crippen molar-refractivity contribution in [2.24, 2.45) is 0 Å². The second kappa shape index (κ2) is 10.1. The van der Waals surface area contributed by atoms with Gasteiger partial charge in [-0.2, -0.15) is 0 Å². The van der Waals surface area contributed by atoms with Crippen LogP contribution in [0.1, 0.15) is 53.6 Å². The maximum atomic E-state index is 13.9. The van der Waals surface area contributed by atoms with Gasteiger partial charge >= 0.3 is 0 Å². The Morgan fingerprint density at radius 1 is 1.05 bits per heavy atom. The maximum Gasteiger partial charge on any atom is 0.256 e. The van der Waals surface area contributed by atoms with Gasteiger partial charge in [-0.1, -0.05) is 60.1 Å². The Labute approximate surface area is 230 Å². The fraction of sp³-hybridized carbons (Fsp3) is 0.258. The number of hydrogen-bond acceptors (Lipinski definition) is 4. The normalized spacial score (nSPS) is 16.7. The number of nitrogens with zero attached hydrogens (tertiary/aromatic N) is 2. The van der Waals surface area contributed by atoms with Crippen molar-refractivity contribution in [3.05, 3.63) is 122 Å². The van der Waals surface area contributed by atoms with E-state index in [4.69, 9.17) is 16.6 Å². The van der Waals surface area contributed by atoms with Gasteiger partial charge in [0.1, 0.15) is 11.6 Å². The third-order valence-electron chi connectivity index (χ3n) is 7.77. The standard InChI is InChI=1S/C31H27ClFN3O3/c32-23-15-21(16-24(33)17-23)19-6-4-7-20(14-19)27(37)29(39)36-13-5-10-26-25(18-36)28(38)35-30(34-26)31(11-12-31)22-8-2-1-3-9-22/h1-4,6-9,14-17,27,37H,5,10-13,18H2,(H,34,35,38)/t27-/m1/s1. The second-order valence-electron chi connectivity index (χ2n) is 10.3. The quantitative estimate of drug-likeness (QED) is 0.357. The fourth-order valence-electron chi connectivity index (χ4n) is 5.51. The molecule has 198 valence electrons. The lowest BCUT2D eigenvalue weighted by atomic mass is 9.94. The lowest BCUT2D eigenvalue weighted by Gasteiger charge is -2.24. The lowest BCUT2D eigenvalue weighted by molar-refractivity contribution is -0.141. The number of fused-ring (bicyclic) bond motifs is 1. The van der Waals surface area contributed by atoms with Gasteiger partial charge in [-0.25, -0.2) is 9.37 Å². The van der Waals surface area contributed by atoms with Crippen LogP contribution in [0.2, 0.25) is 5.02 Å². The molecule has 0 saturated heterocycles. The first kappa shape index (κ1) is 25.5. The van der Waals surface area contributed by atoms with Crippen molar-refractivity contribution in [2.75, 3.05) is 6.54 Å². The highest BCUT2D eigenvalue weighted by Gasteiger charge is 2.48. The number of benzene rings is 3. The zero-order valence-electron chi connectivity index (χ0n) is 21.2. The molecule has 6 nitrogen and oxygen atoms in total. The van der Waals surface area contributed by atoms with Crippen LogP contribution in [0, 0.1) is 5.82 Å². The number of rotatable bonds is 5. The molecular formula is C31H27ClFN3O3. The van der Waals surface area contributed by atoms with Gasteiger partial charge in [0.15, 0.2) is 6.10 Å². The molecule has 2 heterocycles. The van der Waals surface area contributed by atoms with E-state index in [9.17, 15) is 19.1 Å². The summed E-state index contributed by atoms with van der Waals surface area (Å²) in [6.45, 7) is 0.468. The van der Waals surface area contributed by atoms with E-state index in [2.05, 4.69) is 17.1 Å². The Hall–Kier alpha value is -3.81. The average molecular weight is 544 g/mol. The zero-order valence-corrected chi connectivity index (χ0v) is 21.9. The number of nitrogens with one attached hydrogen (secondary N) is 1. The van der Waals surface area contributed by atoms with E-state index in [1.54, 1.807) is 30.3 Å². The van der Waals surface area contributed by atoms with Crippen LogP contribution in [0.4, 0.5) is 4.39 Å². The third-order valence-corrected chi connectivity index (χ3v) is 7.98. The summed E-state index contributed by atoms with van der Waals surface area (Å²) in [6, 6.07) is 21.1. The van der Waals surface area contributed by atoms with Crippen LogP contribution >= 0.6 is 11.6 Å². The summed E-state index contributed by atoms with van der Waals surface area (Å²) in [6.07, 6.45) is 1.62. The molecule has 1 aromatic heterocycles. The van der Waals surface area contributed by atoms with Crippen LogP contribution in [0.15, 0.2) is 77.6 Å². The molecule has 1 amide bonds. The van der Waals surface area contributed by atoms with Crippen molar-refractivity contribution in [1.82, 2.24) is 14.9 Å². The van der Waals surface area contributed by atoms with E-state index in [0.717, 1.165) is 18.4 Å². The minimum Gasteiger partial charge on any atom is -0.378 e. The predicted octanol–water partition coefficient (Wildman–Crippen LogP) is 5.32. The molecule has 0 spiro atoms. The number of carbonyl (C=O) groups excluding carboxylic acids is 1. The van der Waals surface area contributed by atoms with Gasteiger partial charge in [0, 0.05) is 11.6 Å². The first-order valence-electron chi connectivity index (χ1n) is 13.1. The molecule has 2 aliphatic rings. The predicted molar refractivity (Wildman–Crippen MR) is 147 cm³/mol. The lowest BCUT2D eigenvalue weighted by Crippen LogP contribution is -2.36. The summed E-state index contributed by atoms with van der Waals surface area (Å²) in [4.78, 5) is 36.1. The van der Waals surface area contributed by atoms with Crippen molar-refractivity contribution in [1.29, 1.82) is 0 Å². The molecular weight excluding hydrogens is 517 g/mol. The van der Waals surface area contributed by atoms with Gasteiger partial charge in [0.05, 0.1) is 23.2 Å². The number of aromatic amines is 1. The number of hydrogen-bond donors (Lipinski definition) is 2. The van der Waals surface area contributed by atoms with Crippen molar-refractivity contribution in [3.63, 3.8) is 0 Å².